The lowest BCUT2D eigenvalue weighted by Crippen LogP contribution is -2.50. The number of aromatic nitrogens is 2. The molecule has 1 aromatic heterocycles. The first kappa shape index (κ1) is 18.9. The summed E-state index contributed by atoms with van der Waals surface area (Å²) in [7, 11) is 0. The van der Waals surface area contributed by atoms with E-state index in [4.69, 9.17) is 0 Å². The minimum absolute atomic E-state index is 0.169. The number of rotatable bonds is 7. The average molecular weight is 379 g/mol. The van der Waals surface area contributed by atoms with E-state index >= 15 is 0 Å². The van der Waals surface area contributed by atoms with E-state index in [0.29, 0.717) is 18.6 Å². The van der Waals surface area contributed by atoms with Crippen LogP contribution in [-0.4, -0.2) is 39.4 Å². The molecule has 2 aliphatic heterocycles. The lowest BCUT2D eigenvalue weighted by molar-refractivity contribution is -0.133. The molecule has 5 heteroatoms. The van der Waals surface area contributed by atoms with Crippen LogP contribution in [0.4, 0.5) is 0 Å². The van der Waals surface area contributed by atoms with Crippen molar-refractivity contribution in [1.82, 2.24) is 20.2 Å². The Morgan fingerprint density at radius 1 is 1.32 bits per heavy atom. The molecule has 0 aliphatic carbocycles. The van der Waals surface area contributed by atoms with E-state index in [1.807, 2.05) is 6.07 Å². The maximum atomic E-state index is 13.5. The molecule has 1 aromatic carbocycles. The summed E-state index contributed by atoms with van der Waals surface area (Å²) in [6, 6.07) is 11.3. The number of allylic oxidation sites excluding steroid dienone is 1. The smallest absolute Gasteiger partial charge is 0.228 e. The van der Waals surface area contributed by atoms with Gasteiger partial charge in [0, 0.05) is 31.0 Å². The van der Waals surface area contributed by atoms with Gasteiger partial charge < -0.3 is 10.3 Å². The van der Waals surface area contributed by atoms with E-state index in [-0.39, 0.29) is 11.3 Å². The van der Waals surface area contributed by atoms with Crippen LogP contribution in [0.15, 0.2) is 54.4 Å². The summed E-state index contributed by atoms with van der Waals surface area (Å²) in [5, 5.41) is 3.18. The highest BCUT2D eigenvalue weighted by Crippen LogP contribution is 2.51. The van der Waals surface area contributed by atoms with Gasteiger partial charge in [-0.05, 0) is 45.1 Å². The molecule has 0 radical (unpaired) electrons. The molecule has 2 aliphatic rings. The van der Waals surface area contributed by atoms with Crippen molar-refractivity contribution >= 4 is 5.91 Å². The van der Waals surface area contributed by atoms with E-state index in [0.717, 1.165) is 31.6 Å². The topological polar surface area (TPSA) is 61.0 Å². The highest BCUT2D eigenvalue weighted by Gasteiger charge is 2.59. The third kappa shape index (κ3) is 3.63. The van der Waals surface area contributed by atoms with Gasteiger partial charge in [0.25, 0.3) is 0 Å². The van der Waals surface area contributed by atoms with Crippen molar-refractivity contribution in [3.8, 4) is 0 Å². The zero-order valence-corrected chi connectivity index (χ0v) is 16.8. The first-order chi connectivity index (χ1) is 13.6. The van der Waals surface area contributed by atoms with Gasteiger partial charge in [0.05, 0.1) is 12.0 Å². The summed E-state index contributed by atoms with van der Waals surface area (Å²) in [6.07, 6.45) is 9.84. The quantitative estimate of drug-likeness (QED) is 0.726. The zero-order valence-electron chi connectivity index (χ0n) is 16.8. The monoisotopic (exact) mass is 378 g/mol. The Balaban J connectivity index is 1.59. The molecular formula is C23H30N4O. The van der Waals surface area contributed by atoms with E-state index in [1.165, 1.54) is 17.6 Å². The predicted octanol–water partition coefficient (Wildman–Crippen LogP) is 3.46. The number of benzene rings is 1. The molecule has 2 saturated heterocycles. The summed E-state index contributed by atoms with van der Waals surface area (Å²) in [5.41, 5.74) is 2.21. The molecule has 2 aromatic rings. The average Bonchev–Trinajstić information content (AvgIpc) is 3.41. The van der Waals surface area contributed by atoms with Crippen molar-refractivity contribution in [2.75, 3.05) is 6.54 Å². The second kappa shape index (κ2) is 7.92. The molecule has 2 fully saturated rings. The van der Waals surface area contributed by atoms with Gasteiger partial charge in [0.15, 0.2) is 0 Å². The van der Waals surface area contributed by atoms with Crippen molar-refractivity contribution in [3.63, 3.8) is 0 Å². The van der Waals surface area contributed by atoms with E-state index < -0.39 is 0 Å². The number of aromatic amines is 1. The Bertz CT molecular complexity index is 826. The lowest BCUT2D eigenvalue weighted by atomic mass is 9.69. The van der Waals surface area contributed by atoms with Gasteiger partial charge in [-0.1, -0.05) is 42.0 Å². The summed E-state index contributed by atoms with van der Waals surface area (Å²) >= 11 is 0. The molecule has 2 N–H and O–H groups in total. The van der Waals surface area contributed by atoms with Crippen molar-refractivity contribution in [3.05, 3.63) is 65.8 Å². The first-order valence-corrected chi connectivity index (χ1v) is 10.3. The third-order valence-electron chi connectivity index (χ3n) is 6.38. The molecule has 3 heterocycles. The predicted molar refractivity (Wildman–Crippen MR) is 111 cm³/mol. The van der Waals surface area contributed by atoms with E-state index in [9.17, 15) is 4.79 Å². The van der Waals surface area contributed by atoms with Gasteiger partial charge in [0.1, 0.15) is 5.82 Å². The van der Waals surface area contributed by atoms with Gasteiger partial charge in [0.2, 0.25) is 5.91 Å². The van der Waals surface area contributed by atoms with Gasteiger partial charge in [-0.15, -0.1) is 0 Å². The number of hydrogen-bond donors (Lipinski definition) is 2. The SMILES string of the molecule is CC(C)=CCN1[C@H]2CC[C@@H]1[C@](Cc1ccccc1)(C(=O)NCc1ncc[nH]1)C2. The summed E-state index contributed by atoms with van der Waals surface area (Å²) in [4.78, 5) is 23.4. The number of H-pyrrole nitrogens is 1. The van der Waals surface area contributed by atoms with Crippen LogP contribution >= 0.6 is 0 Å². The molecule has 0 saturated carbocycles. The summed E-state index contributed by atoms with van der Waals surface area (Å²) in [5.74, 6) is 0.968. The molecule has 2 bridgehead atoms. The Morgan fingerprint density at radius 3 is 2.86 bits per heavy atom. The molecule has 1 amide bonds. The van der Waals surface area contributed by atoms with Gasteiger partial charge in [-0.2, -0.15) is 0 Å². The van der Waals surface area contributed by atoms with Crippen molar-refractivity contribution in [2.24, 2.45) is 5.41 Å². The maximum Gasteiger partial charge on any atom is 0.228 e. The Hall–Kier alpha value is -2.40. The Labute approximate surface area is 167 Å². The second-order valence-electron chi connectivity index (χ2n) is 8.47. The summed E-state index contributed by atoms with van der Waals surface area (Å²) < 4.78 is 0. The van der Waals surface area contributed by atoms with E-state index in [2.05, 4.69) is 64.4 Å². The molecule has 0 spiro atoms. The number of nitrogens with zero attached hydrogens (tertiary/aromatic N) is 2. The van der Waals surface area contributed by atoms with Crippen LogP contribution in [0.2, 0.25) is 0 Å². The second-order valence-corrected chi connectivity index (χ2v) is 8.47. The van der Waals surface area contributed by atoms with Crippen molar-refractivity contribution in [1.29, 1.82) is 0 Å². The largest absolute Gasteiger partial charge is 0.348 e. The van der Waals surface area contributed by atoms with E-state index in [1.54, 1.807) is 12.4 Å². The normalized spacial score (nSPS) is 26.4. The van der Waals surface area contributed by atoms with Gasteiger partial charge in [-0.25, -0.2) is 4.98 Å². The van der Waals surface area contributed by atoms with Crippen LogP contribution < -0.4 is 5.32 Å². The molecule has 5 nitrogen and oxygen atoms in total. The molecular weight excluding hydrogens is 348 g/mol. The molecule has 4 rings (SSSR count). The van der Waals surface area contributed by atoms with Crippen LogP contribution in [0.25, 0.3) is 0 Å². The first-order valence-electron chi connectivity index (χ1n) is 10.3. The molecule has 3 atom stereocenters. The van der Waals surface area contributed by atoms with Crippen molar-refractivity contribution < 1.29 is 4.79 Å². The number of amides is 1. The standard InChI is InChI=1S/C23H30N4O/c1-17(2)10-13-27-19-8-9-20(27)23(15-19,14-18-6-4-3-5-7-18)22(28)26-16-21-24-11-12-25-21/h3-7,10-12,19-20H,8-9,13-16H2,1-2H3,(H,24,25)(H,26,28)/t19-,20+,23+/m0/s1. The van der Waals surface area contributed by atoms with Crippen molar-refractivity contribution in [2.45, 2.75) is 58.2 Å². The number of hydrogen-bond acceptors (Lipinski definition) is 3. The number of fused-ring (bicyclic) bond motifs is 2. The van der Waals surface area contributed by atoms with Gasteiger partial charge >= 0.3 is 0 Å². The van der Waals surface area contributed by atoms with Gasteiger partial charge in [-0.3, -0.25) is 9.69 Å². The zero-order chi connectivity index (χ0) is 19.6. The molecule has 148 valence electrons. The third-order valence-corrected chi connectivity index (χ3v) is 6.38. The Kier molecular flexibility index (Phi) is 5.36. The number of nitrogens with one attached hydrogen (secondary N) is 2. The highest BCUT2D eigenvalue weighted by atomic mass is 16.2. The fourth-order valence-electron chi connectivity index (χ4n) is 5.08. The maximum absolute atomic E-state index is 13.5. The minimum atomic E-state index is -0.369. The van der Waals surface area contributed by atoms with Crippen LogP contribution in [0.3, 0.4) is 0 Å². The van der Waals surface area contributed by atoms with Crippen LogP contribution in [0.5, 0.6) is 0 Å². The highest BCUT2D eigenvalue weighted by molar-refractivity contribution is 5.84. The van der Waals surface area contributed by atoms with Crippen LogP contribution in [-0.2, 0) is 17.8 Å². The fraction of sp³-hybridized carbons (Fsp3) is 0.478. The minimum Gasteiger partial charge on any atom is -0.348 e. The fourth-order valence-corrected chi connectivity index (χ4v) is 5.08. The number of imidazole rings is 1. The number of carbonyl (C=O) groups is 1. The Morgan fingerprint density at radius 2 is 2.14 bits per heavy atom. The summed E-state index contributed by atoms with van der Waals surface area (Å²) in [6.45, 7) is 5.68. The molecule has 0 unspecified atom stereocenters. The molecule has 28 heavy (non-hydrogen) atoms. The van der Waals surface area contributed by atoms with Crippen LogP contribution in [0, 0.1) is 5.41 Å². The lowest BCUT2D eigenvalue weighted by Gasteiger charge is -2.36. The van der Waals surface area contributed by atoms with Crippen LogP contribution in [0.1, 0.15) is 44.5 Å². The number of carbonyl (C=O) groups excluding carboxylic acids is 1.